The maximum Gasteiger partial charge on any atom is 0.224 e. The van der Waals surface area contributed by atoms with Crippen molar-refractivity contribution in [3.05, 3.63) is 27.2 Å². The third kappa shape index (κ3) is 10.3. The van der Waals surface area contributed by atoms with Crippen molar-refractivity contribution in [2.24, 2.45) is 0 Å². The SMILES string of the molecule is CCCCCCCCCCCCCC(=O)Nc1cc(Cl)c(Cl)cc1Cl. The van der Waals surface area contributed by atoms with Crippen LogP contribution in [-0.2, 0) is 4.79 Å². The number of carbonyl (C=O) groups is 1. The molecule has 0 atom stereocenters. The highest BCUT2D eigenvalue weighted by Gasteiger charge is 2.09. The van der Waals surface area contributed by atoms with Crippen molar-refractivity contribution >= 4 is 46.4 Å². The van der Waals surface area contributed by atoms with Crippen molar-refractivity contribution in [3.63, 3.8) is 0 Å². The number of carbonyl (C=O) groups excluding carboxylic acids is 1. The van der Waals surface area contributed by atoms with Gasteiger partial charge in [-0.05, 0) is 18.6 Å². The van der Waals surface area contributed by atoms with Crippen molar-refractivity contribution in [1.82, 2.24) is 0 Å². The second kappa shape index (κ2) is 13.7. The van der Waals surface area contributed by atoms with Gasteiger partial charge in [0.15, 0.2) is 0 Å². The average Bonchev–Trinajstić information content (AvgIpc) is 2.57. The van der Waals surface area contributed by atoms with Gasteiger partial charge in [0, 0.05) is 6.42 Å². The number of amides is 1. The lowest BCUT2D eigenvalue weighted by molar-refractivity contribution is -0.116. The van der Waals surface area contributed by atoms with Gasteiger partial charge in [0.2, 0.25) is 5.91 Å². The van der Waals surface area contributed by atoms with Crippen LogP contribution in [0.1, 0.15) is 84.0 Å². The summed E-state index contributed by atoms with van der Waals surface area (Å²) >= 11 is 17.9. The van der Waals surface area contributed by atoms with Crippen molar-refractivity contribution in [1.29, 1.82) is 0 Å². The first-order chi connectivity index (χ1) is 12.0. The Bertz CT molecular complexity index is 520. The Morgan fingerprint density at radius 1 is 0.760 bits per heavy atom. The fraction of sp³-hybridized carbons (Fsp3) is 0.650. The molecule has 5 heteroatoms. The molecule has 0 saturated carbocycles. The van der Waals surface area contributed by atoms with E-state index in [2.05, 4.69) is 12.2 Å². The predicted molar refractivity (Wildman–Crippen MR) is 111 cm³/mol. The quantitative estimate of drug-likeness (QED) is 0.259. The smallest absolute Gasteiger partial charge is 0.224 e. The molecule has 0 aliphatic rings. The molecule has 1 amide bonds. The Labute approximate surface area is 167 Å². The Morgan fingerprint density at radius 2 is 1.24 bits per heavy atom. The van der Waals surface area contributed by atoms with Crippen LogP contribution in [0.15, 0.2) is 12.1 Å². The molecule has 1 N–H and O–H groups in total. The molecule has 0 saturated heterocycles. The van der Waals surface area contributed by atoms with E-state index < -0.39 is 0 Å². The summed E-state index contributed by atoms with van der Waals surface area (Å²) in [6.45, 7) is 2.25. The van der Waals surface area contributed by atoms with Gasteiger partial charge in [0.05, 0.1) is 20.8 Å². The summed E-state index contributed by atoms with van der Waals surface area (Å²) in [6, 6.07) is 3.13. The zero-order valence-corrected chi connectivity index (χ0v) is 17.4. The number of benzene rings is 1. The Hall–Kier alpha value is -0.440. The van der Waals surface area contributed by atoms with Crippen LogP contribution in [0, 0.1) is 0 Å². The molecular weight excluding hydrogens is 377 g/mol. The van der Waals surface area contributed by atoms with E-state index in [0.717, 1.165) is 12.8 Å². The molecule has 0 radical (unpaired) electrons. The van der Waals surface area contributed by atoms with Crippen molar-refractivity contribution in [2.45, 2.75) is 84.0 Å². The molecule has 0 heterocycles. The van der Waals surface area contributed by atoms with Crippen LogP contribution in [0.5, 0.6) is 0 Å². The summed E-state index contributed by atoms with van der Waals surface area (Å²) in [7, 11) is 0. The zero-order valence-electron chi connectivity index (χ0n) is 15.2. The first-order valence-corrected chi connectivity index (χ1v) is 10.6. The van der Waals surface area contributed by atoms with E-state index >= 15 is 0 Å². The second-order valence-corrected chi connectivity index (χ2v) is 7.80. The Morgan fingerprint density at radius 3 is 1.80 bits per heavy atom. The minimum Gasteiger partial charge on any atom is -0.325 e. The Balaban J connectivity index is 2.05. The lowest BCUT2D eigenvalue weighted by Gasteiger charge is -2.08. The lowest BCUT2D eigenvalue weighted by Crippen LogP contribution is -2.11. The summed E-state index contributed by atoms with van der Waals surface area (Å²) in [6.07, 6.45) is 14.5. The number of hydrogen-bond donors (Lipinski definition) is 1. The average molecular weight is 407 g/mol. The standard InChI is InChI=1S/C20H30Cl3NO/c1-2-3-4-5-6-7-8-9-10-11-12-13-20(25)24-19-15-17(22)16(21)14-18(19)23/h14-15H,2-13H2,1H3,(H,24,25). The van der Waals surface area contributed by atoms with E-state index in [1.165, 1.54) is 57.8 Å². The van der Waals surface area contributed by atoms with Crippen LogP contribution >= 0.6 is 34.8 Å². The summed E-state index contributed by atoms with van der Waals surface area (Å²) in [4.78, 5) is 12.0. The molecule has 25 heavy (non-hydrogen) atoms. The maximum atomic E-state index is 12.0. The number of hydrogen-bond acceptors (Lipinski definition) is 1. The van der Waals surface area contributed by atoms with Gasteiger partial charge in [-0.3, -0.25) is 4.79 Å². The third-order valence-corrected chi connectivity index (χ3v) is 5.33. The zero-order chi connectivity index (χ0) is 18.5. The minimum atomic E-state index is -0.0313. The summed E-state index contributed by atoms with van der Waals surface area (Å²) in [5.41, 5.74) is 0.518. The van der Waals surface area contributed by atoms with Crippen molar-refractivity contribution in [2.75, 3.05) is 5.32 Å². The molecule has 0 aliphatic carbocycles. The molecule has 0 aliphatic heterocycles. The molecule has 2 nitrogen and oxygen atoms in total. The van der Waals surface area contributed by atoms with E-state index in [4.69, 9.17) is 34.8 Å². The van der Waals surface area contributed by atoms with Crippen LogP contribution in [0.25, 0.3) is 0 Å². The number of anilines is 1. The fourth-order valence-corrected chi connectivity index (χ4v) is 3.37. The topological polar surface area (TPSA) is 29.1 Å². The fourth-order valence-electron chi connectivity index (χ4n) is 2.78. The highest BCUT2D eigenvalue weighted by molar-refractivity contribution is 6.44. The van der Waals surface area contributed by atoms with Crippen LogP contribution in [0.4, 0.5) is 5.69 Å². The van der Waals surface area contributed by atoms with E-state index in [1.807, 2.05) is 0 Å². The summed E-state index contributed by atoms with van der Waals surface area (Å²) in [5.74, 6) is -0.0313. The molecular formula is C20H30Cl3NO. The highest BCUT2D eigenvalue weighted by Crippen LogP contribution is 2.32. The Kier molecular flexibility index (Phi) is 12.4. The first kappa shape index (κ1) is 22.6. The van der Waals surface area contributed by atoms with Crippen LogP contribution in [0.3, 0.4) is 0 Å². The van der Waals surface area contributed by atoms with Crippen LogP contribution in [0.2, 0.25) is 15.1 Å². The molecule has 1 rings (SSSR count). The largest absolute Gasteiger partial charge is 0.325 e. The molecule has 1 aromatic carbocycles. The number of halogens is 3. The van der Waals surface area contributed by atoms with E-state index in [0.29, 0.717) is 27.2 Å². The number of nitrogens with one attached hydrogen (secondary N) is 1. The van der Waals surface area contributed by atoms with Gasteiger partial charge in [-0.1, -0.05) is 106 Å². The molecule has 1 aromatic rings. The highest BCUT2D eigenvalue weighted by atomic mass is 35.5. The molecule has 0 bridgehead atoms. The van der Waals surface area contributed by atoms with Crippen molar-refractivity contribution in [3.8, 4) is 0 Å². The molecule has 0 unspecified atom stereocenters. The monoisotopic (exact) mass is 405 g/mol. The van der Waals surface area contributed by atoms with Gasteiger partial charge in [0.1, 0.15) is 0 Å². The summed E-state index contributed by atoms with van der Waals surface area (Å²) in [5, 5.41) is 3.97. The number of unbranched alkanes of at least 4 members (excludes halogenated alkanes) is 10. The first-order valence-electron chi connectivity index (χ1n) is 9.49. The van der Waals surface area contributed by atoms with Gasteiger partial charge >= 0.3 is 0 Å². The molecule has 142 valence electrons. The van der Waals surface area contributed by atoms with E-state index in [9.17, 15) is 4.79 Å². The van der Waals surface area contributed by atoms with Gasteiger partial charge < -0.3 is 5.32 Å². The molecule has 0 spiro atoms. The minimum absolute atomic E-state index is 0.0313. The van der Waals surface area contributed by atoms with Gasteiger partial charge in [-0.15, -0.1) is 0 Å². The molecule has 0 fully saturated rings. The van der Waals surface area contributed by atoms with E-state index in [1.54, 1.807) is 12.1 Å². The van der Waals surface area contributed by atoms with Gasteiger partial charge in [-0.2, -0.15) is 0 Å². The van der Waals surface area contributed by atoms with Gasteiger partial charge in [-0.25, -0.2) is 0 Å². The summed E-state index contributed by atoms with van der Waals surface area (Å²) < 4.78 is 0. The third-order valence-electron chi connectivity index (χ3n) is 4.29. The van der Waals surface area contributed by atoms with Crippen LogP contribution in [-0.4, -0.2) is 5.91 Å². The van der Waals surface area contributed by atoms with Crippen LogP contribution < -0.4 is 5.32 Å². The van der Waals surface area contributed by atoms with Crippen molar-refractivity contribution < 1.29 is 4.79 Å². The molecule has 0 aromatic heterocycles. The second-order valence-electron chi connectivity index (χ2n) is 6.58. The van der Waals surface area contributed by atoms with Gasteiger partial charge in [0.25, 0.3) is 0 Å². The van der Waals surface area contributed by atoms with E-state index in [-0.39, 0.29) is 5.91 Å². The number of rotatable bonds is 13. The normalized spacial score (nSPS) is 10.9. The lowest BCUT2D eigenvalue weighted by atomic mass is 10.1. The maximum absolute atomic E-state index is 12.0. The predicted octanol–water partition coefficient (Wildman–Crippen LogP) is 8.29.